The number of carbonyl (C=O) groups excluding carboxylic acids is 3. The van der Waals surface area contributed by atoms with Gasteiger partial charge in [-0.05, 0) is 48.2 Å². The van der Waals surface area contributed by atoms with Crippen molar-refractivity contribution in [1.82, 2.24) is 10.6 Å². The van der Waals surface area contributed by atoms with E-state index in [9.17, 15) is 14.4 Å². The lowest BCUT2D eigenvalue weighted by molar-refractivity contribution is -0.126. The zero-order valence-electron chi connectivity index (χ0n) is 21.8. The smallest absolute Gasteiger partial charge is 0.261 e. The number of anilines is 1. The van der Waals surface area contributed by atoms with Crippen molar-refractivity contribution in [3.63, 3.8) is 0 Å². The van der Waals surface area contributed by atoms with Gasteiger partial charge in [0.15, 0.2) is 11.5 Å². The number of nitrogens with one attached hydrogen (secondary N) is 2. The number of hydrogen-bond acceptors (Lipinski definition) is 7. The third-order valence-corrected chi connectivity index (χ3v) is 6.84. The van der Waals surface area contributed by atoms with E-state index in [0.717, 1.165) is 5.56 Å². The highest BCUT2D eigenvalue weighted by Gasteiger charge is 2.33. The Morgan fingerprint density at radius 3 is 2.36 bits per heavy atom. The number of furan rings is 1. The maximum absolute atomic E-state index is 13.8. The minimum Gasteiger partial charge on any atom is -0.493 e. The zero-order valence-corrected chi connectivity index (χ0v) is 22.6. The summed E-state index contributed by atoms with van der Waals surface area (Å²) in [5.74, 6) is 0.120. The number of nitrogens with zero attached hydrogens (tertiary/aromatic N) is 1. The van der Waals surface area contributed by atoms with E-state index in [-0.39, 0.29) is 19.0 Å². The molecule has 3 amide bonds. The molecule has 202 valence electrons. The van der Waals surface area contributed by atoms with Gasteiger partial charge in [0.2, 0.25) is 11.8 Å². The molecule has 9 nitrogen and oxygen atoms in total. The summed E-state index contributed by atoms with van der Waals surface area (Å²) in [7, 11) is 3.00. The fourth-order valence-electron chi connectivity index (χ4n) is 4.00. The molecule has 0 aliphatic rings. The van der Waals surface area contributed by atoms with Crippen molar-refractivity contribution in [2.45, 2.75) is 19.5 Å². The minimum absolute atomic E-state index is 0.136. The molecule has 0 aliphatic carbocycles. The van der Waals surface area contributed by atoms with Gasteiger partial charge in [-0.25, -0.2) is 0 Å². The van der Waals surface area contributed by atoms with Crippen LogP contribution in [0.4, 0.5) is 5.69 Å². The normalized spacial score (nSPS) is 11.4. The summed E-state index contributed by atoms with van der Waals surface area (Å²) in [6.07, 6.45) is 1.52. The van der Waals surface area contributed by atoms with E-state index >= 15 is 0 Å². The van der Waals surface area contributed by atoms with Crippen molar-refractivity contribution in [3.05, 3.63) is 100 Å². The summed E-state index contributed by atoms with van der Waals surface area (Å²) in [6.45, 7) is 1.74. The molecule has 2 aromatic heterocycles. The molecule has 0 saturated carbocycles. The van der Waals surface area contributed by atoms with E-state index in [2.05, 4.69) is 10.6 Å². The molecule has 0 unspecified atom stereocenters. The highest BCUT2D eigenvalue weighted by molar-refractivity contribution is 7.12. The first kappa shape index (κ1) is 27.5. The summed E-state index contributed by atoms with van der Waals surface area (Å²) in [5.41, 5.74) is 1.98. The Labute approximate surface area is 230 Å². The Morgan fingerprint density at radius 2 is 1.72 bits per heavy atom. The molecule has 0 spiro atoms. The van der Waals surface area contributed by atoms with Gasteiger partial charge >= 0.3 is 0 Å². The Hall–Kier alpha value is -4.57. The number of methoxy groups -OCH3 is 2. The number of hydrogen-bond donors (Lipinski definition) is 2. The number of thiophene rings is 1. The fourth-order valence-corrected chi connectivity index (χ4v) is 4.64. The van der Waals surface area contributed by atoms with Crippen LogP contribution in [0.5, 0.6) is 11.5 Å². The first-order valence-electron chi connectivity index (χ1n) is 12.1. The molecule has 10 heteroatoms. The maximum atomic E-state index is 13.8. The summed E-state index contributed by atoms with van der Waals surface area (Å²) in [4.78, 5) is 42.0. The predicted octanol–water partition coefficient (Wildman–Crippen LogP) is 4.49. The largest absolute Gasteiger partial charge is 0.493 e. The van der Waals surface area contributed by atoms with Gasteiger partial charge in [-0.1, -0.05) is 35.9 Å². The second-order valence-electron chi connectivity index (χ2n) is 8.57. The van der Waals surface area contributed by atoms with E-state index in [4.69, 9.17) is 13.9 Å². The predicted molar refractivity (Wildman–Crippen MR) is 148 cm³/mol. The number of benzene rings is 2. The maximum Gasteiger partial charge on any atom is 0.261 e. The SMILES string of the molecule is COc1ccc(N(C(=O)CNC(=O)c2cccs2)[C@H](C(=O)NCc2ccco2)c2ccc(C)cc2)cc1OC. The van der Waals surface area contributed by atoms with Crippen LogP contribution >= 0.6 is 11.3 Å². The van der Waals surface area contributed by atoms with E-state index in [1.54, 1.807) is 60.0 Å². The van der Waals surface area contributed by atoms with Crippen molar-refractivity contribution in [3.8, 4) is 11.5 Å². The fraction of sp³-hybridized carbons (Fsp3) is 0.207. The van der Waals surface area contributed by atoms with Gasteiger partial charge in [0, 0.05) is 11.8 Å². The van der Waals surface area contributed by atoms with Gasteiger partial charge < -0.3 is 24.5 Å². The van der Waals surface area contributed by atoms with Crippen molar-refractivity contribution in [1.29, 1.82) is 0 Å². The second-order valence-corrected chi connectivity index (χ2v) is 9.52. The molecule has 0 aliphatic heterocycles. The first-order chi connectivity index (χ1) is 18.9. The number of aryl methyl sites for hydroxylation is 1. The lowest BCUT2D eigenvalue weighted by atomic mass is 10.0. The third-order valence-electron chi connectivity index (χ3n) is 5.98. The van der Waals surface area contributed by atoms with Crippen LogP contribution in [0.2, 0.25) is 0 Å². The number of ether oxygens (including phenoxy) is 2. The van der Waals surface area contributed by atoms with E-state index in [0.29, 0.717) is 33.4 Å². The van der Waals surface area contributed by atoms with E-state index < -0.39 is 17.9 Å². The molecule has 0 fully saturated rings. The highest BCUT2D eigenvalue weighted by Crippen LogP contribution is 2.35. The molecule has 2 N–H and O–H groups in total. The Kier molecular flexibility index (Phi) is 9.01. The lowest BCUT2D eigenvalue weighted by Crippen LogP contribution is -2.47. The molecule has 0 bridgehead atoms. The van der Waals surface area contributed by atoms with Gasteiger partial charge in [-0.15, -0.1) is 11.3 Å². The summed E-state index contributed by atoms with van der Waals surface area (Å²) in [5, 5.41) is 7.33. The Bertz CT molecular complexity index is 1400. The summed E-state index contributed by atoms with van der Waals surface area (Å²) in [6, 6.07) is 18.1. The van der Waals surface area contributed by atoms with Crippen LogP contribution in [0.15, 0.2) is 82.8 Å². The van der Waals surface area contributed by atoms with Crippen LogP contribution < -0.4 is 25.0 Å². The van der Waals surface area contributed by atoms with Crippen molar-refractivity contribution in [2.75, 3.05) is 25.7 Å². The van der Waals surface area contributed by atoms with Crippen LogP contribution in [0.3, 0.4) is 0 Å². The van der Waals surface area contributed by atoms with Crippen LogP contribution in [0.25, 0.3) is 0 Å². The van der Waals surface area contributed by atoms with Crippen LogP contribution in [0, 0.1) is 6.92 Å². The molecule has 0 radical (unpaired) electrons. The van der Waals surface area contributed by atoms with Crippen LogP contribution in [0.1, 0.15) is 32.6 Å². The third kappa shape index (κ3) is 6.66. The topological polar surface area (TPSA) is 110 Å². The summed E-state index contributed by atoms with van der Waals surface area (Å²) >= 11 is 1.27. The molecular formula is C29H29N3O6S. The lowest BCUT2D eigenvalue weighted by Gasteiger charge is -2.32. The van der Waals surface area contributed by atoms with Crippen molar-refractivity contribution in [2.24, 2.45) is 0 Å². The molecule has 2 aromatic carbocycles. The molecule has 4 rings (SSSR count). The van der Waals surface area contributed by atoms with E-state index in [1.165, 1.54) is 36.7 Å². The van der Waals surface area contributed by atoms with Gasteiger partial charge in [0.05, 0.1) is 38.4 Å². The number of rotatable bonds is 11. The van der Waals surface area contributed by atoms with Crippen LogP contribution in [-0.2, 0) is 16.1 Å². The van der Waals surface area contributed by atoms with Gasteiger partial charge in [-0.2, -0.15) is 0 Å². The average Bonchev–Trinajstić information content (AvgIpc) is 3.68. The second kappa shape index (κ2) is 12.8. The highest BCUT2D eigenvalue weighted by atomic mass is 32.1. The molecular weight excluding hydrogens is 518 g/mol. The monoisotopic (exact) mass is 547 g/mol. The standard InChI is InChI=1S/C29H29N3O6S/c1-19-8-10-20(11-9-19)27(29(35)30-17-22-6-4-14-38-22)32(21-12-13-23(36-2)24(16-21)37-3)26(33)18-31-28(34)25-7-5-15-39-25/h4-16,27H,17-18H2,1-3H3,(H,30,35)(H,31,34)/t27-/m0/s1. The van der Waals surface area contributed by atoms with Gasteiger partial charge in [0.25, 0.3) is 5.91 Å². The first-order valence-corrected chi connectivity index (χ1v) is 13.0. The molecule has 4 aromatic rings. The molecule has 2 heterocycles. The molecule has 39 heavy (non-hydrogen) atoms. The Morgan fingerprint density at radius 1 is 0.949 bits per heavy atom. The van der Waals surface area contributed by atoms with Gasteiger partial charge in [0.1, 0.15) is 11.8 Å². The number of carbonyl (C=O) groups is 3. The quantitative estimate of drug-likeness (QED) is 0.286. The minimum atomic E-state index is -1.06. The summed E-state index contributed by atoms with van der Waals surface area (Å²) < 4.78 is 16.2. The zero-order chi connectivity index (χ0) is 27.8. The van der Waals surface area contributed by atoms with Crippen molar-refractivity contribution >= 4 is 34.7 Å². The van der Waals surface area contributed by atoms with E-state index in [1.807, 2.05) is 19.1 Å². The molecule has 0 saturated heterocycles. The Balaban J connectivity index is 1.73. The van der Waals surface area contributed by atoms with Gasteiger partial charge in [-0.3, -0.25) is 19.3 Å². The molecule has 1 atom stereocenters. The number of amides is 3. The average molecular weight is 548 g/mol. The van der Waals surface area contributed by atoms with Crippen molar-refractivity contribution < 1.29 is 28.3 Å². The van der Waals surface area contributed by atoms with Crippen LogP contribution in [-0.4, -0.2) is 38.5 Å².